The average Bonchev–Trinajstić information content (AvgIpc) is 3.32. The van der Waals surface area contributed by atoms with E-state index in [1.165, 1.54) is 161 Å². The quantitative estimate of drug-likeness (QED) is 0.0263. The van der Waals surface area contributed by atoms with Gasteiger partial charge < -0.3 is 65.1 Å². The summed E-state index contributed by atoms with van der Waals surface area (Å²) in [4.78, 5) is 13.2. The summed E-state index contributed by atoms with van der Waals surface area (Å²) in [7, 11) is 0. The van der Waals surface area contributed by atoms with Gasteiger partial charge in [0.1, 0.15) is 48.8 Å². The number of aliphatic hydroxyl groups is 8. The highest BCUT2D eigenvalue weighted by Crippen LogP contribution is 2.30. The number of carbonyl (C=O) groups excluding carboxylic acids is 1. The monoisotopic (exact) mass is 962 g/mol. The maximum absolute atomic E-state index is 13.2. The minimum absolute atomic E-state index is 0.204. The first-order chi connectivity index (χ1) is 32.6. The molecule has 0 aromatic carbocycles. The highest BCUT2D eigenvalue weighted by molar-refractivity contribution is 5.76. The Kier molecular flexibility index (Phi) is 37.6. The minimum atomic E-state index is -1.78. The van der Waals surface area contributed by atoms with Crippen LogP contribution in [0.5, 0.6) is 0 Å². The number of nitrogens with one attached hydrogen (secondary N) is 1. The molecule has 398 valence electrons. The minimum Gasteiger partial charge on any atom is -0.394 e. The lowest BCUT2D eigenvalue weighted by Crippen LogP contribution is -2.65. The van der Waals surface area contributed by atoms with Gasteiger partial charge in [0.2, 0.25) is 5.91 Å². The molecule has 0 radical (unpaired) electrons. The number of unbranched alkanes of at least 4 members (excludes halogenated alkanes) is 31. The van der Waals surface area contributed by atoms with Crippen molar-refractivity contribution < 1.29 is 64.6 Å². The molecule has 2 heterocycles. The SMILES string of the molecule is CCCCCCCCCCCCCCCCCCCCCCCC(O)C(COC1OC(CO)C(OC2OC(CO)C(O)C(O)C2O)C(O)C1O)NC(=O)CCCCCCCCCCCCCC. The van der Waals surface area contributed by atoms with Crippen molar-refractivity contribution in [2.75, 3.05) is 19.8 Å². The third-order valence-electron chi connectivity index (χ3n) is 14.1. The van der Waals surface area contributed by atoms with E-state index in [-0.39, 0.29) is 12.5 Å². The topological polar surface area (TPSA) is 228 Å². The molecule has 2 aliphatic rings. The molecule has 12 atom stereocenters. The van der Waals surface area contributed by atoms with E-state index < -0.39 is 86.8 Å². The van der Waals surface area contributed by atoms with Gasteiger partial charge in [-0.3, -0.25) is 4.79 Å². The molecule has 2 rings (SSSR count). The number of carbonyl (C=O) groups is 1. The van der Waals surface area contributed by atoms with Crippen molar-refractivity contribution in [3.05, 3.63) is 0 Å². The Bertz CT molecular complexity index is 1140. The van der Waals surface area contributed by atoms with Crippen molar-refractivity contribution in [1.82, 2.24) is 5.32 Å². The summed E-state index contributed by atoms with van der Waals surface area (Å²) < 4.78 is 22.8. The van der Waals surface area contributed by atoms with Gasteiger partial charge >= 0.3 is 0 Å². The van der Waals surface area contributed by atoms with E-state index in [2.05, 4.69) is 19.2 Å². The van der Waals surface area contributed by atoms with Crippen LogP contribution in [0.4, 0.5) is 0 Å². The third-order valence-corrected chi connectivity index (χ3v) is 14.1. The lowest BCUT2D eigenvalue weighted by atomic mass is 9.97. The van der Waals surface area contributed by atoms with E-state index in [9.17, 15) is 45.6 Å². The van der Waals surface area contributed by atoms with Gasteiger partial charge in [0.05, 0.1) is 32.0 Å². The standard InChI is InChI=1S/C53H103NO13/c1-3-5-7-9-11-13-15-17-18-19-20-21-22-23-24-25-26-28-30-32-34-36-42(57)41(54-45(58)37-35-33-31-29-27-16-14-12-10-8-6-4-2)40-64-52-50(63)48(61)51(44(39-56)66-52)67-53-49(62)47(60)46(59)43(38-55)65-53/h41-44,46-53,55-57,59-63H,3-40H2,1-2H3,(H,54,58). The Hall–Kier alpha value is -1.01. The normalized spacial score (nSPS) is 26.5. The van der Waals surface area contributed by atoms with Crippen LogP contribution < -0.4 is 5.32 Å². The molecule has 2 saturated heterocycles. The molecule has 2 aliphatic heterocycles. The molecule has 0 spiro atoms. The summed E-state index contributed by atoms with van der Waals surface area (Å²) in [5, 5.41) is 87.0. The van der Waals surface area contributed by atoms with E-state index in [0.29, 0.717) is 12.8 Å². The Balaban J connectivity index is 1.76. The Morgan fingerprint density at radius 3 is 1.27 bits per heavy atom. The van der Waals surface area contributed by atoms with Crippen LogP contribution in [0.1, 0.15) is 239 Å². The van der Waals surface area contributed by atoms with Crippen LogP contribution in [-0.4, -0.2) is 140 Å². The highest BCUT2D eigenvalue weighted by atomic mass is 16.7. The van der Waals surface area contributed by atoms with Gasteiger partial charge in [-0.15, -0.1) is 0 Å². The molecule has 14 nitrogen and oxygen atoms in total. The molecule has 14 heteroatoms. The van der Waals surface area contributed by atoms with Crippen LogP contribution in [-0.2, 0) is 23.7 Å². The molecule has 0 bridgehead atoms. The van der Waals surface area contributed by atoms with Crippen LogP contribution in [0.3, 0.4) is 0 Å². The molecule has 0 aromatic rings. The van der Waals surface area contributed by atoms with E-state index in [1.807, 2.05) is 0 Å². The molecule has 12 unspecified atom stereocenters. The fourth-order valence-corrected chi connectivity index (χ4v) is 9.53. The van der Waals surface area contributed by atoms with Crippen molar-refractivity contribution in [2.45, 2.75) is 312 Å². The average molecular weight is 962 g/mol. The van der Waals surface area contributed by atoms with E-state index in [4.69, 9.17) is 18.9 Å². The second-order valence-electron chi connectivity index (χ2n) is 20.1. The number of hydrogen-bond acceptors (Lipinski definition) is 13. The summed E-state index contributed by atoms with van der Waals surface area (Å²) in [5.74, 6) is -0.204. The molecular formula is C53H103NO13. The van der Waals surface area contributed by atoms with Crippen LogP contribution in [0.15, 0.2) is 0 Å². The van der Waals surface area contributed by atoms with Gasteiger partial charge in [0, 0.05) is 6.42 Å². The molecule has 2 fully saturated rings. The van der Waals surface area contributed by atoms with Gasteiger partial charge in [0.15, 0.2) is 12.6 Å². The highest BCUT2D eigenvalue weighted by Gasteiger charge is 2.51. The zero-order valence-corrected chi connectivity index (χ0v) is 42.4. The van der Waals surface area contributed by atoms with Crippen LogP contribution in [0.25, 0.3) is 0 Å². The Morgan fingerprint density at radius 1 is 0.478 bits per heavy atom. The molecule has 67 heavy (non-hydrogen) atoms. The summed E-state index contributed by atoms with van der Waals surface area (Å²) in [5.41, 5.74) is 0. The smallest absolute Gasteiger partial charge is 0.220 e. The summed E-state index contributed by atoms with van der Waals surface area (Å²) in [6, 6.07) is -0.821. The van der Waals surface area contributed by atoms with Gasteiger partial charge in [-0.05, 0) is 12.8 Å². The fraction of sp³-hybridized carbons (Fsp3) is 0.981. The van der Waals surface area contributed by atoms with Crippen LogP contribution in [0.2, 0.25) is 0 Å². The lowest BCUT2D eigenvalue weighted by molar-refractivity contribution is -0.359. The zero-order valence-electron chi connectivity index (χ0n) is 42.4. The Labute approximate surface area is 406 Å². The number of hydrogen-bond donors (Lipinski definition) is 9. The fourth-order valence-electron chi connectivity index (χ4n) is 9.53. The van der Waals surface area contributed by atoms with Crippen molar-refractivity contribution >= 4 is 5.91 Å². The van der Waals surface area contributed by atoms with Gasteiger partial charge in [-0.1, -0.05) is 219 Å². The van der Waals surface area contributed by atoms with E-state index in [1.54, 1.807) is 0 Å². The lowest BCUT2D eigenvalue weighted by Gasteiger charge is -2.46. The van der Waals surface area contributed by atoms with Gasteiger partial charge in [0.25, 0.3) is 0 Å². The maximum Gasteiger partial charge on any atom is 0.220 e. The van der Waals surface area contributed by atoms with Gasteiger partial charge in [-0.25, -0.2) is 0 Å². The second kappa shape index (κ2) is 40.6. The van der Waals surface area contributed by atoms with Gasteiger partial charge in [-0.2, -0.15) is 0 Å². The second-order valence-corrected chi connectivity index (χ2v) is 20.1. The molecule has 0 aliphatic carbocycles. The first-order valence-corrected chi connectivity index (χ1v) is 27.8. The number of rotatable bonds is 44. The van der Waals surface area contributed by atoms with Crippen LogP contribution >= 0.6 is 0 Å². The van der Waals surface area contributed by atoms with Crippen LogP contribution in [0, 0.1) is 0 Å². The first kappa shape index (κ1) is 62.1. The van der Waals surface area contributed by atoms with Crippen molar-refractivity contribution in [3.63, 3.8) is 0 Å². The molecule has 1 amide bonds. The number of aliphatic hydroxyl groups excluding tert-OH is 8. The largest absolute Gasteiger partial charge is 0.394 e. The molecule has 9 N–H and O–H groups in total. The number of amides is 1. The third kappa shape index (κ3) is 27.4. The predicted octanol–water partition coefficient (Wildman–Crippen LogP) is 8.17. The summed E-state index contributed by atoms with van der Waals surface area (Å²) >= 11 is 0. The van der Waals surface area contributed by atoms with E-state index >= 15 is 0 Å². The zero-order chi connectivity index (χ0) is 48.9. The summed E-state index contributed by atoms with van der Waals surface area (Å²) in [6.45, 7) is 2.87. The molecule has 0 aromatic heterocycles. The summed E-state index contributed by atoms with van der Waals surface area (Å²) in [6.07, 6.45) is 25.3. The van der Waals surface area contributed by atoms with Crippen molar-refractivity contribution in [1.29, 1.82) is 0 Å². The Morgan fingerprint density at radius 2 is 0.851 bits per heavy atom. The molecule has 0 saturated carbocycles. The predicted molar refractivity (Wildman–Crippen MR) is 263 cm³/mol. The number of ether oxygens (including phenoxy) is 4. The molecular weight excluding hydrogens is 859 g/mol. The maximum atomic E-state index is 13.2. The van der Waals surface area contributed by atoms with E-state index in [0.717, 1.165) is 51.4 Å². The first-order valence-electron chi connectivity index (χ1n) is 27.8. The van der Waals surface area contributed by atoms with Crippen molar-refractivity contribution in [3.8, 4) is 0 Å². The van der Waals surface area contributed by atoms with Crippen molar-refractivity contribution in [2.24, 2.45) is 0 Å².